The Balaban J connectivity index is 1.77. The maximum Gasteiger partial charge on any atom is 0.407 e. The molecule has 7 nitrogen and oxygen atoms in total. The van der Waals surface area contributed by atoms with Crippen LogP contribution in [0.2, 0.25) is 0 Å². The third-order valence-corrected chi connectivity index (χ3v) is 3.76. The van der Waals surface area contributed by atoms with Crippen molar-refractivity contribution in [2.75, 3.05) is 13.1 Å². The zero-order valence-electron chi connectivity index (χ0n) is 11.3. The third kappa shape index (κ3) is 2.73. The number of likely N-dealkylation sites (tertiary alicyclic amines) is 1. The summed E-state index contributed by atoms with van der Waals surface area (Å²) in [7, 11) is 0. The van der Waals surface area contributed by atoms with E-state index in [1.54, 1.807) is 10.9 Å². The fraction of sp³-hybridized carbons (Fsp3) is 0.357. The van der Waals surface area contributed by atoms with Crippen LogP contribution in [0.3, 0.4) is 0 Å². The first kappa shape index (κ1) is 13.6. The first-order valence-corrected chi connectivity index (χ1v) is 6.79. The Morgan fingerprint density at radius 3 is 2.71 bits per heavy atom. The van der Waals surface area contributed by atoms with Crippen molar-refractivity contribution in [3.05, 3.63) is 42.2 Å². The molecule has 1 saturated heterocycles. The molecule has 3 rings (SSSR count). The van der Waals surface area contributed by atoms with Gasteiger partial charge in [0.2, 0.25) is 0 Å². The van der Waals surface area contributed by atoms with Gasteiger partial charge in [0.05, 0.1) is 30.2 Å². The Hall–Kier alpha value is -2.41. The summed E-state index contributed by atoms with van der Waals surface area (Å²) >= 11 is 0. The number of benzene rings is 1. The minimum atomic E-state index is -1.000. The second kappa shape index (κ2) is 5.53. The lowest BCUT2D eigenvalue weighted by Gasteiger charge is -2.33. The van der Waals surface area contributed by atoms with Crippen molar-refractivity contribution in [2.45, 2.75) is 18.4 Å². The molecular weight excluding hydrogens is 272 g/mol. The molecule has 0 aliphatic carbocycles. The first-order valence-electron chi connectivity index (χ1n) is 6.79. The van der Waals surface area contributed by atoms with Crippen molar-refractivity contribution in [1.82, 2.24) is 19.9 Å². The molecule has 1 aliphatic rings. The van der Waals surface area contributed by atoms with E-state index in [2.05, 4.69) is 10.3 Å². The minimum absolute atomic E-state index is 0.109. The Morgan fingerprint density at radius 1 is 1.29 bits per heavy atom. The normalized spacial score (nSPS) is 22.2. The number of amides is 1. The standard InChI is InChI=1S/C14H16N4O3/c19-13-9-17(14(20)21)7-6-11(13)12-8-18(16-15-12)10-4-2-1-3-5-10/h1-5,8,11,13,19H,6-7,9H2,(H,20,21). The third-order valence-electron chi connectivity index (χ3n) is 3.76. The van der Waals surface area contributed by atoms with Crippen molar-refractivity contribution < 1.29 is 15.0 Å². The van der Waals surface area contributed by atoms with Crippen molar-refractivity contribution in [1.29, 1.82) is 0 Å². The molecule has 0 saturated carbocycles. The van der Waals surface area contributed by atoms with E-state index in [-0.39, 0.29) is 12.5 Å². The Bertz CT molecular complexity index is 628. The van der Waals surface area contributed by atoms with Gasteiger partial charge in [0, 0.05) is 12.5 Å². The number of carbonyl (C=O) groups is 1. The van der Waals surface area contributed by atoms with Crippen molar-refractivity contribution in [2.24, 2.45) is 0 Å². The topological polar surface area (TPSA) is 91.5 Å². The summed E-state index contributed by atoms with van der Waals surface area (Å²) in [6.07, 6.45) is 0.580. The number of aliphatic hydroxyl groups is 1. The van der Waals surface area contributed by atoms with Gasteiger partial charge in [-0.05, 0) is 18.6 Å². The molecule has 110 valence electrons. The van der Waals surface area contributed by atoms with Crippen LogP contribution in [0.5, 0.6) is 0 Å². The molecule has 1 aromatic carbocycles. The average molecular weight is 288 g/mol. The van der Waals surface area contributed by atoms with E-state index in [4.69, 9.17) is 5.11 Å². The smallest absolute Gasteiger partial charge is 0.407 e. The van der Waals surface area contributed by atoms with Crippen molar-refractivity contribution in [3.8, 4) is 5.69 Å². The Kier molecular flexibility index (Phi) is 3.57. The summed E-state index contributed by atoms with van der Waals surface area (Å²) in [5.41, 5.74) is 1.59. The SMILES string of the molecule is O=C(O)N1CCC(c2cn(-c3ccccc3)nn2)C(O)C1. The van der Waals surface area contributed by atoms with Crippen LogP contribution in [0, 0.1) is 0 Å². The fourth-order valence-corrected chi connectivity index (χ4v) is 2.60. The number of rotatable bonds is 2. The van der Waals surface area contributed by atoms with Crippen LogP contribution in [0.15, 0.2) is 36.5 Å². The molecule has 1 aliphatic heterocycles. The van der Waals surface area contributed by atoms with Crippen LogP contribution >= 0.6 is 0 Å². The van der Waals surface area contributed by atoms with Gasteiger partial charge in [-0.25, -0.2) is 9.48 Å². The number of hydrogen-bond donors (Lipinski definition) is 2. The van der Waals surface area contributed by atoms with Crippen LogP contribution < -0.4 is 0 Å². The predicted molar refractivity (Wildman–Crippen MR) is 74.3 cm³/mol. The number of nitrogens with zero attached hydrogens (tertiary/aromatic N) is 4. The van der Waals surface area contributed by atoms with Crippen LogP contribution in [-0.2, 0) is 0 Å². The molecule has 21 heavy (non-hydrogen) atoms. The maximum absolute atomic E-state index is 10.9. The fourth-order valence-electron chi connectivity index (χ4n) is 2.60. The molecule has 2 atom stereocenters. The maximum atomic E-state index is 10.9. The number of carboxylic acid groups (broad SMARTS) is 1. The van der Waals surface area contributed by atoms with Gasteiger partial charge in [-0.3, -0.25) is 0 Å². The summed E-state index contributed by atoms with van der Waals surface area (Å²) in [5.74, 6) is -0.182. The Labute approximate surface area is 121 Å². The van der Waals surface area contributed by atoms with E-state index in [0.717, 1.165) is 5.69 Å². The number of piperidine rings is 1. The summed E-state index contributed by atoms with van der Waals surface area (Å²) in [6, 6.07) is 9.59. The van der Waals surface area contributed by atoms with Gasteiger partial charge < -0.3 is 15.1 Å². The molecule has 2 heterocycles. The molecule has 2 unspecified atom stereocenters. The van der Waals surface area contributed by atoms with E-state index in [9.17, 15) is 9.90 Å². The zero-order chi connectivity index (χ0) is 14.8. The molecule has 0 spiro atoms. The average Bonchev–Trinajstić information content (AvgIpc) is 2.97. The minimum Gasteiger partial charge on any atom is -0.465 e. The van der Waals surface area contributed by atoms with E-state index < -0.39 is 12.2 Å². The van der Waals surface area contributed by atoms with E-state index in [1.807, 2.05) is 30.3 Å². The molecule has 1 amide bonds. The molecule has 0 bridgehead atoms. The number of para-hydroxylation sites is 1. The van der Waals surface area contributed by atoms with E-state index >= 15 is 0 Å². The molecule has 1 aromatic heterocycles. The zero-order valence-corrected chi connectivity index (χ0v) is 11.3. The number of aliphatic hydroxyl groups excluding tert-OH is 1. The second-order valence-electron chi connectivity index (χ2n) is 5.11. The summed E-state index contributed by atoms with van der Waals surface area (Å²) in [4.78, 5) is 12.1. The summed E-state index contributed by atoms with van der Waals surface area (Å²) in [6.45, 7) is 0.507. The highest BCUT2D eigenvalue weighted by Gasteiger charge is 2.32. The van der Waals surface area contributed by atoms with Gasteiger partial charge in [0.15, 0.2) is 0 Å². The van der Waals surface area contributed by atoms with Crippen LogP contribution in [0.4, 0.5) is 4.79 Å². The largest absolute Gasteiger partial charge is 0.465 e. The number of aromatic nitrogens is 3. The van der Waals surface area contributed by atoms with Gasteiger partial charge in [0.25, 0.3) is 0 Å². The van der Waals surface area contributed by atoms with Crippen molar-refractivity contribution >= 4 is 6.09 Å². The van der Waals surface area contributed by atoms with Gasteiger partial charge in [-0.15, -0.1) is 5.10 Å². The summed E-state index contributed by atoms with van der Waals surface area (Å²) in [5, 5.41) is 27.3. The second-order valence-corrected chi connectivity index (χ2v) is 5.11. The molecule has 0 radical (unpaired) electrons. The molecule has 1 fully saturated rings. The first-order chi connectivity index (χ1) is 10.1. The van der Waals surface area contributed by atoms with Gasteiger partial charge in [0.1, 0.15) is 0 Å². The predicted octanol–water partition coefficient (Wildman–Crippen LogP) is 1.10. The lowest BCUT2D eigenvalue weighted by Crippen LogP contribution is -2.45. The highest BCUT2D eigenvalue weighted by molar-refractivity contribution is 5.65. The van der Waals surface area contributed by atoms with Crippen LogP contribution in [0.25, 0.3) is 5.69 Å². The summed E-state index contributed by atoms with van der Waals surface area (Å²) < 4.78 is 1.66. The van der Waals surface area contributed by atoms with Crippen molar-refractivity contribution in [3.63, 3.8) is 0 Å². The molecule has 2 aromatic rings. The monoisotopic (exact) mass is 288 g/mol. The van der Waals surface area contributed by atoms with Gasteiger partial charge in [-0.1, -0.05) is 23.4 Å². The van der Waals surface area contributed by atoms with E-state index in [1.165, 1.54) is 4.90 Å². The molecule has 7 heteroatoms. The molecular formula is C14H16N4O3. The quantitative estimate of drug-likeness (QED) is 0.863. The highest BCUT2D eigenvalue weighted by Crippen LogP contribution is 2.27. The van der Waals surface area contributed by atoms with Gasteiger partial charge in [-0.2, -0.15) is 0 Å². The van der Waals surface area contributed by atoms with Crippen LogP contribution in [0.1, 0.15) is 18.0 Å². The van der Waals surface area contributed by atoms with Gasteiger partial charge >= 0.3 is 6.09 Å². The number of hydrogen-bond acceptors (Lipinski definition) is 4. The van der Waals surface area contributed by atoms with E-state index in [0.29, 0.717) is 18.7 Å². The number of β-amino-alcohol motifs (C(OH)–C–C–N with tert-alkyl or cyclic N) is 1. The van der Waals surface area contributed by atoms with Crippen LogP contribution in [-0.4, -0.2) is 55.4 Å². The lowest BCUT2D eigenvalue weighted by atomic mass is 9.91. The Morgan fingerprint density at radius 2 is 2.05 bits per heavy atom. The molecule has 2 N–H and O–H groups in total. The lowest BCUT2D eigenvalue weighted by molar-refractivity contribution is 0.0493. The highest BCUT2D eigenvalue weighted by atomic mass is 16.4.